The molecule has 1 unspecified atom stereocenters. The number of imidazole rings is 1. The van der Waals surface area contributed by atoms with Crippen molar-refractivity contribution in [1.29, 1.82) is 0 Å². The van der Waals surface area contributed by atoms with Crippen LogP contribution in [0.1, 0.15) is 67.4 Å². The van der Waals surface area contributed by atoms with Crippen LogP contribution in [-0.4, -0.2) is 70.2 Å². The van der Waals surface area contributed by atoms with Gasteiger partial charge in [0.1, 0.15) is 37.0 Å². The maximum Gasteiger partial charge on any atom is 0.330 e. The number of benzene rings is 5. The summed E-state index contributed by atoms with van der Waals surface area (Å²) in [6.45, 7) is 4.52. The van der Waals surface area contributed by atoms with Crippen LogP contribution in [0.3, 0.4) is 0 Å². The molecule has 1 N–H and O–H groups in total. The summed E-state index contributed by atoms with van der Waals surface area (Å²) in [5.41, 5.74) is 4.88. The number of halogens is 1. The predicted molar refractivity (Wildman–Crippen MR) is 238 cm³/mol. The van der Waals surface area contributed by atoms with E-state index in [4.69, 9.17) is 28.4 Å². The summed E-state index contributed by atoms with van der Waals surface area (Å²) >= 11 is 0. The number of aromatic amines is 1. The Kier molecular flexibility index (Phi) is 14.7. The zero-order chi connectivity index (χ0) is 46.9. The third-order valence-corrected chi connectivity index (χ3v) is 10.8. The molecule has 0 bridgehead atoms. The molecule has 1 aromatic heterocycles. The molecular formula is C51H47FN2O12. The van der Waals surface area contributed by atoms with E-state index in [-0.39, 0.29) is 31.8 Å². The fourth-order valence-electron chi connectivity index (χ4n) is 7.90. The quantitative estimate of drug-likeness (QED) is 0.0567. The lowest BCUT2D eigenvalue weighted by Gasteiger charge is -2.44. The van der Waals surface area contributed by atoms with Crippen LogP contribution in [0, 0.1) is 5.82 Å². The molecule has 1 aliphatic rings. The smallest absolute Gasteiger partial charge is 0.330 e. The lowest BCUT2D eigenvalue weighted by atomic mass is 9.89. The highest BCUT2D eigenvalue weighted by Gasteiger charge is 2.52. The number of hydrogen-bond donors (Lipinski definition) is 1. The molecule has 0 spiro atoms. The summed E-state index contributed by atoms with van der Waals surface area (Å²) in [6, 6.07) is 36.6. The number of nitrogens with one attached hydrogen (secondary N) is 1. The molecule has 6 aromatic rings. The molecule has 15 heteroatoms. The van der Waals surface area contributed by atoms with Crippen molar-refractivity contribution < 1.29 is 56.8 Å². The van der Waals surface area contributed by atoms with Gasteiger partial charge in [-0.1, -0.05) is 78.9 Å². The van der Waals surface area contributed by atoms with Crippen molar-refractivity contribution in [2.45, 2.75) is 77.7 Å². The number of carbonyl (C=O) groups excluding carboxylic acids is 5. The van der Waals surface area contributed by atoms with Gasteiger partial charge >= 0.3 is 29.6 Å². The molecule has 5 aromatic carbocycles. The van der Waals surface area contributed by atoms with Crippen molar-refractivity contribution in [3.63, 3.8) is 0 Å². The minimum Gasteiger partial charge on any atom is -0.488 e. The number of aromatic nitrogens is 2. The Hall–Kier alpha value is -7.65. The normalized spacial score (nSPS) is 17.9. The van der Waals surface area contributed by atoms with Gasteiger partial charge in [-0.25, -0.2) is 9.18 Å². The van der Waals surface area contributed by atoms with Crippen LogP contribution in [-0.2, 0) is 55.9 Å². The van der Waals surface area contributed by atoms with Crippen LogP contribution in [0.2, 0.25) is 0 Å². The Morgan fingerprint density at radius 1 is 0.682 bits per heavy atom. The second-order valence-electron chi connectivity index (χ2n) is 15.6. The molecule has 0 radical (unpaired) electrons. The van der Waals surface area contributed by atoms with Crippen molar-refractivity contribution in [1.82, 2.24) is 9.55 Å². The standard InChI is InChI=1S/C51H47FN2O12/c1-30(55)61-29-45-48(63-31(2)56)50(65-33(4)58)49(64-32(3)57)47(66-45)37-17-15-35(16-18-37)38-21-24-41(44(27-38)62-28-34-11-7-5-8-12-34)46-42(25-26-43(59)36-19-22-39(52)23-20-36)53-51(60)54(46)40-13-9-6-10-14-40/h5-24,27,45,47-50H,25-26,28-29H2,1-4H3,(H,53,60)/t45-,47?,48-,49+,50+/m1/s1. The Morgan fingerprint density at radius 2 is 1.29 bits per heavy atom. The molecule has 7 rings (SSSR count). The van der Waals surface area contributed by atoms with E-state index in [2.05, 4.69) is 4.98 Å². The molecule has 14 nitrogen and oxygen atoms in total. The van der Waals surface area contributed by atoms with E-state index in [0.717, 1.165) is 25.0 Å². The van der Waals surface area contributed by atoms with Gasteiger partial charge in [0, 0.05) is 50.9 Å². The van der Waals surface area contributed by atoms with Gasteiger partial charge in [-0.2, -0.15) is 0 Å². The van der Waals surface area contributed by atoms with E-state index < -0.39 is 65.9 Å². The van der Waals surface area contributed by atoms with Crippen LogP contribution in [0.25, 0.3) is 28.1 Å². The largest absolute Gasteiger partial charge is 0.488 e. The highest BCUT2D eigenvalue weighted by Crippen LogP contribution is 2.40. The van der Waals surface area contributed by atoms with Crippen molar-refractivity contribution >= 4 is 29.7 Å². The van der Waals surface area contributed by atoms with Gasteiger partial charge in [0.05, 0.1) is 11.4 Å². The number of Topliss-reactive ketones (excluding diaryl/α,β-unsaturated/α-hetero) is 1. The molecule has 5 atom stereocenters. The molecule has 2 heterocycles. The highest BCUT2D eigenvalue weighted by atomic mass is 19.1. The molecule has 66 heavy (non-hydrogen) atoms. The van der Waals surface area contributed by atoms with Gasteiger partial charge in [-0.15, -0.1) is 0 Å². The molecule has 0 saturated carbocycles. The monoisotopic (exact) mass is 898 g/mol. The molecular weight excluding hydrogens is 852 g/mol. The first-order chi connectivity index (χ1) is 31.7. The van der Waals surface area contributed by atoms with Crippen molar-refractivity contribution in [2.24, 2.45) is 0 Å². The summed E-state index contributed by atoms with van der Waals surface area (Å²) in [6.07, 6.45) is -5.94. The number of hydrogen-bond acceptors (Lipinski definition) is 12. The van der Waals surface area contributed by atoms with Gasteiger partial charge in [0.2, 0.25) is 0 Å². The number of rotatable bonds is 16. The average molecular weight is 899 g/mol. The maximum atomic E-state index is 13.9. The molecule has 0 amide bonds. The van der Waals surface area contributed by atoms with Crippen LogP contribution >= 0.6 is 0 Å². The van der Waals surface area contributed by atoms with Gasteiger partial charge in [-0.3, -0.25) is 28.5 Å². The summed E-state index contributed by atoms with van der Waals surface area (Å²) in [7, 11) is 0. The lowest BCUT2D eigenvalue weighted by Crippen LogP contribution is -2.59. The van der Waals surface area contributed by atoms with Crippen LogP contribution < -0.4 is 10.4 Å². The Morgan fingerprint density at radius 3 is 1.92 bits per heavy atom. The van der Waals surface area contributed by atoms with E-state index in [1.54, 1.807) is 28.8 Å². The lowest BCUT2D eigenvalue weighted by molar-refractivity contribution is -0.254. The summed E-state index contributed by atoms with van der Waals surface area (Å²) in [5.74, 6) is -3.07. The zero-order valence-corrected chi connectivity index (χ0v) is 36.6. The number of H-pyrrole nitrogens is 1. The van der Waals surface area contributed by atoms with Crippen molar-refractivity contribution in [2.75, 3.05) is 6.61 Å². The van der Waals surface area contributed by atoms with Crippen LogP contribution in [0.5, 0.6) is 5.75 Å². The molecule has 1 aliphatic heterocycles. The third kappa shape index (κ3) is 11.2. The number of nitrogens with zero attached hydrogens (tertiary/aromatic N) is 1. The first-order valence-corrected chi connectivity index (χ1v) is 21.2. The highest BCUT2D eigenvalue weighted by molar-refractivity contribution is 5.96. The SMILES string of the molecule is CC(=O)OC[C@H]1OC(c2ccc(-c3ccc(-c4c(CCC(=O)c5ccc(F)cc5)[nH]c(=O)n4-c4ccccc4)c(OCc4ccccc4)c3)cc2)[C@H](OC(C)=O)[C@@H](OC(C)=O)[C@@H]1OC(C)=O. The van der Waals surface area contributed by atoms with Crippen LogP contribution in [0.4, 0.5) is 4.39 Å². The van der Waals surface area contributed by atoms with E-state index in [9.17, 15) is 33.2 Å². The summed E-state index contributed by atoms with van der Waals surface area (Å²) < 4.78 is 50.3. The number of ketones is 1. The number of para-hydroxylation sites is 1. The summed E-state index contributed by atoms with van der Waals surface area (Å²) in [5, 5.41) is 0. The van der Waals surface area contributed by atoms with E-state index in [1.807, 2.05) is 78.9 Å². The first kappa shape index (κ1) is 46.3. The van der Waals surface area contributed by atoms with Gasteiger partial charge in [0.15, 0.2) is 24.1 Å². The second-order valence-corrected chi connectivity index (χ2v) is 15.6. The van der Waals surface area contributed by atoms with Crippen molar-refractivity contribution in [3.8, 4) is 33.8 Å². The zero-order valence-electron chi connectivity index (χ0n) is 36.6. The third-order valence-electron chi connectivity index (χ3n) is 10.8. The fourth-order valence-corrected chi connectivity index (χ4v) is 7.90. The van der Waals surface area contributed by atoms with Gasteiger partial charge in [-0.05, 0) is 77.2 Å². The molecule has 1 saturated heterocycles. The van der Waals surface area contributed by atoms with E-state index >= 15 is 0 Å². The minimum atomic E-state index is -1.33. The second kappa shape index (κ2) is 20.9. The molecule has 0 aliphatic carbocycles. The average Bonchev–Trinajstić information content (AvgIpc) is 3.63. The number of aryl methyl sites for hydroxylation is 1. The Bertz CT molecular complexity index is 2750. The Labute approximate surface area is 379 Å². The number of ether oxygens (including phenoxy) is 6. The van der Waals surface area contributed by atoms with Gasteiger partial charge < -0.3 is 33.4 Å². The first-order valence-electron chi connectivity index (χ1n) is 21.2. The van der Waals surface area contributed by atoms with Gasteiger partial charge in [0.25, 0.3) is 0 Å². The Balaban J connectivity index is 1.28. The summed E-state index contributed by atoms with van der Waals surface area (Å²) in [4.78, 5) is 79.2. The van der Waals surface area contributed by atoms with E-state index in [1.165, 1.54) is 38.1 Å². The maximum absolute atomic E-state index is 13.9. The van der Waals surface area contributed by atoms with Crippen LogP contribution in [0.15, 0.2) is 132 Å². The predicted octanol–water partition coefficient (Wildman–Crippen LogP) is 7.83. The van der Waals surface area contributed by atoms with Crippen molar-refractivity contribution in [3.05, 3.63) is 166 Å². The number of carbonyl (C=O) groups is 5. The number of esters is 4. The fraction of sp³-hybridized carbons (Fsp3) is 0.255. The topological polar surface area (TPSA) is 179 Å². The molecule has 340 valence electrons. The molecule has 1 fully saturated rings. The van der Waals surface area contributed by atoms with E-state index in [0.29, 0.717) is 45.1 Å². The minimum absolute atomic E-state index is 0.0254.